The second-order valence-electron chi connectivity index (χ2n) is 7.04. The molecule has 2 heteroatoms. The van der Waals surface area contributed by atoms with E-state index in [1.54, 1.807) is 0 Å². The van der Waals surface area contributed by atoms with Gasteiger partial charge in [-0.05, 0) is 25.1 Å². The van der Waals surface area contributed by atoms with Crippen LogP contribution in [0.3, 0.4) is 0 Å². The minimum absolute atomic E-state index is 0.323. The molecule has 1 aliphatic carbocycles. The molecule has 0 N–H and O–H groups in total. The summed E-state index contributed by atoms with van der Waals surface area (Å²) in [5, 5.41) is 0. The van der Waals surface area contributed by atoms with Gasteiger partial charge in [0.25, 0.3) is 0 Å². The van der Waals surface area contributed by atoms with E-state index in [4.69, 9.17) is 4.74 Å². The third kappa shape index (κ3) is 14.9. The summed E-state index contributed by atoms with van der Waals surface area (Å²) in [6.45, 7) is 13.4. The standard InChI is InChI=1S/C12H14O.C9H13.C3H6.Ti/c1-2-3-4-8-11-13-12-9-6-5-7-10-12;1-9(2,3)8-6-4-5-7-8;1-3-2;/h2-10H,11H2,1H3;6-7H,4H2,1-3H3;1-2H3;/q;-1;;+1. The van der Waals surface area contributed by atoms with Crippen LogP contribution in [0.25, 0.3) is 0 Å². The molecule has 0 aliphatic heterocycles. The van der Waals surface area contributed by atoms with Crippen LogP contribution >= 0.6 is 0 Å². The van der Waals surface area contributed by atoms with E-state index >= 15 is 0 Å². The number of benzene rings is 1. The molecule has 0 saturated carbocycles. The molecule has 0 radical (unpaired) electrons. The molecule has 0 saturated heterocycles. The molecule has 139 valence electrons. The molecule has 2 rings (SSSR count). The van der Waals surface area contributed by atoms with Crippen molar-refractivity contribution in [1.82, 2.24) is 0 Å². The molecule has 0 aromatic heterocycles. The SMILES string of the molecule is CC(C)(C)C1=CC[C-]=C1.CC=CC=CCOc1ccccc1.C[C](C)=[Ti+]. The Balaban J connectivity index is 0.000000416. The second kappa shape index (κ2) is 14.7. The van der Waals surface area contributed by atoms with Gasteiger partial charge < -0.3 is 4.74 Å². The van der Waals surface area contributed by atoms with E-state index in [1.165, 1.54) is 9.38 Å². The van der Waals surface area contributed by atoms with Crippen LogP contribution in [0, 0.1) is 11.5 Å². The van der Waals surface area contributed by atoms with Crippen molar-refractivity contribution in [2.75, 3.05) is 6.61 Å². The fraction of sp³-hybridized carbons (Fsp3) is 0.375. The fourth-order valence-electron chi connectivity index (χ4n) is 1.83. The molecule has 0 unspecified atom stereocenters. The Kier molecular flexibility index (Phi) is 13.9. The summed E-state index contributed by atoms with van der Waals surface area (Å²) in [6, 6.07) is 9.80. The van der Waals surface area contributed by atoms with Gasteiger partial charge in [-0.2, -0.15) is 11.6 Å². The summed E-state index contributed by atoms with van der Waals surface area (Å²) < 4.78 is 6.85. The van der Waals surface area contributed by atoms with Gasteiger partial charge in [0, 0.05) is 0 Å². The zero-order valence-corrected chi connectivity index (χ0v) is 18.7. The van der Waals surface area contributed by atoms with Gasteiger partial charge in [-0.3, -0.25) is 6.08 Å². The third-order valence-corrected chi connectivity index (χ3v) is 3.09. The van der Waals surface area contributed by atoms with E-state index in [9.17, 15) is 0 Å². The van der Waals surface area contributed by atoms with E-state index < -0.39 is 0 Å². The number of hydrogen-bond acceptors (Lipinski definition) is 1. The second-order valence-corrected chi connectivity index (χ2v) is 8.60. The number of ether oxygens (including phenoxy) is 1. The Bertz CT molecular complexity index is 609. The minimum atomic E-state index is 0.323. The van der Waals surface area contributed by atoms with Crippen molar-refractivity contribution in [2.45, 2.75) is 48.0 Å². The van der Waals surface area contributed by atoms with Crippen molar-refractivity contribution in [2.24, 2.45) is 5.41 Å². The zero-order valence-electron chi connectivity index (χ0n) is 17.2. The van der Waals surface area contributed by atoms with Crippen LogP contribution < -0.4 is 4.74 Å². The van der Waals surface area contributed by atoms with Gasteiger partial charge in [-0.25, -0.2) is 6.08 Å². The summed E-state index contributed by atoms with van der Waals surface area (Å²) in [5.41, 5.74) is 1.74. The van der Waals surface area contributed by atoms with Crippen LogP contribution in [-0.4, -0.2) is 10.4 Å². The van der Waals surface area contributed by atoms with Crippen molar-refractivity contribution >= 4 is 3.81 Å². The quantitative estimate of drug-likeness (QED) is 0.320. The van der Waals surface area contributed by atoms with Gasteiger partial charge in [-0.15, -0.1) is 6.42 Å². The van der Waals surface area contributed by atoms with Gasteiger partial charge in [0.2, 0.25) is 0 Å². The molecular formula is C24H33OTi. The molecule has 0 amide bonds. The van der Waals surface area contributed by atoms with Crippen LogP contribution in [-0.2, 0) is 20.0 Å². The molecule has 1 aromatic rings. The van der Waals surface area contributed by atoms with Crippen molar-refractivity contribution < 1.29 is 24.7 Å². The van der Waals surface area contributed by atoms with Crippen LogP contribution in [0.4, 0.5) is 0 Å². The Labute approximate surface area is 172 Å². The molecule has 0 heterocycles. The van der Waals surface area contributed by atoms with Gasteiger partial charge in [0.1, 0.15) is 12.4 Å². The van der Waals surface area contributed by atoms with Gasteiger partial charge >= 0.3 is 37.6 Å². The van der Waals surface area contributed by atoms with Crippen LogP contribution in [0.2, 0.25) is 0 Å². The monoisotopic (exact) mass is 385 g/mol. The molecule has 0 fully saturated rings. The molecule has 1 aromatic carbocycles. The van der Waals surface area contributed by atoms with Crippen LogP contribution in [0.5, 0.6) is 5.75 Å². The molecule has 0 spiro atoms. The van der Waals surface area contributed by atoms with E-state index in [0.29, 0.717) is 12.0 Å². The average Bonchev–Trinajstić information content (AvgIpc) is 3.11. The van der Waals surface area contributed by atoms with Gasteiger partial charge in [0.05, 0.1) is 0 Å². The molecular weight excluding hydrogens is 352 g/mol. The molecule has 1 nitrogen and oxygen atoms in total. The fourth-order valence-corrected chi connectivity index (χ4v) is 1.83. The summed E-state index contributed by atoms with van der Waals surface area (Å²) in [5.74, 6) is 0.910. The topological polar surface area (TPSA) is 9.23 Å². The number of para-hydroxylation sites is 1. The maximum atomic E-state index is 5.43. The van der Waals surface area contributed by atoms with Gasteiger partial charge in [0.15, 0.2) is 0 Å². The van der Waals surface area contributed by atoms with Crippen molar-refractivity contribution in [3.05, 3.63) is 78.4 Å². The molecule has 26 heavy (non-hydrogen) atoms. The predicted octanol–water partition coefficient (Wildman–Crippen LogP) is 6.67. The van der Waals surface area contributed by atoms with Crippen molar-refractivity contribution in [3.63, 3.8) is 0 Å². The summed E-state index contributed by atoms with van der Waals surface area (Å²) in [4.78, 5) is 0. The average molecular weight is 385 g/mol. The maximum absolute atomic E-state index is 5.43. The van der Waals surface area contributed by atoms with Crippen molar-refractivity contribution in [1.29, 1.82) is 0 Å². The Morgan fingerprint density at radius 1 is 1.15 bits per heavy atom. The summed E-state index contributed by atoms with van der Waals surface area (Å²) in [6.07, 6.45) is 16.4. The Morgan fingerprint density at radius 3 is 2.19 bits per heavy atom. The van der Waals surface area contributed by atoms with E-state index in [2.05, 4.69) is 72.8 Å². The normalized spacial score (nSPS) is 13.0. The van der Waals surface area contributed by atoms with Crippen LogP contribution in [0.15, 0.2) is 72.4 Å². The molecule has 0 bridgehead atoms. The molecule has 1 aliphatic rings. The first-order valence-corrected chi connectivity index (χ1v) is 9.80. The van der Waals surface area contributed by atoms with E-state index in [0.717, 1.165) is 12.2 Å². The first kappa shape index (κ1) is 24.6. The first-order chi connectivity index (χ1) is 12.3. The number of hydrogen-bond donors (Lipinski definition) is 0. The number of allylic oxidation sites excluding steroid dienone is 7. The predicted molar refractivity (Wildman–Crippen MR) is 112 cm³/mol. The van der Waals surface area contributed by atoms with Gasteiger partial charge in [-0.1, -0.05) is 62.6 Å². The molecule has 0 atom stereocenters. The Hall–Kier alpha value is -1.44. The van der Waals surface area contributed by atoms with E-state index in [1.807, 2.05) is 61.6 Å². The van der Waals surface area contributed by atoms with Crippen LogP contribution in [0.1, 0.15) is 48.0 Å². The van der Waals surface area contributed by atoms with Crippen molar-refractivity contribution in [3.8, 4) is 5.75 Å². The van der Waals surface area contributed by atoms with E-state index in [-0.39, 0.29) is 0 Å². The zero-order chi connectivity index (χ0) is 19.8. The third-order valence-electron chi connectivity index (χ3n) is 3.09. The number of rotatable bonds is 4. The Morgan fingerprint density at radius 2 is 1.77 bits per heavy atom. The summed E-state index contributed by atoms with van der Waals surface area (Å²) >= 11 is 2.08. The summed E-state index contributed by atoms with van der Waals surface area (Å²) in [7, 11) is 0. The first-order valence-electron chi connectivity index (χ1n) is 9.02.